The summed E-state index contributed by atoms with van der Waals surface area (Å²) in [6.45, 7) is -1.44. The van der Waals surface area contributed by atoms with Gasteiger partial charge in [-0.25, -0.2) is 4.79 Å². The van der Waals surface area contributed by atoms with Gasteiger partial charge in [0.15, 0.2) is 0 Å². The van der Waals surface area contributed by atoms with Gasteiger partial charge < -0.3 is 17.7 Å². The van der Waals surface area contributed by atoms with Crippen LogP contribution in [0.3, 0.4) is 0 Å². The molecular formula is C12H13BF3KO3. The van der Waals surface area contributed by atoms with Gasteiger partial charge in [-0.1, -0.05) is 11.1 Å². The maximum atomic E-state index is 13.1. The quantitative estimate of drug-likeness (QED) is 0.420. The molecule has 104 valence electrons. The standard InChI is InChI=1S/C12H13BF3O3.K/c1-6-9(5-17)7(2)11(13(14,15)16)8(3)10(6)12(18)19-4;/h5H,1-4H3;/q-1;+1. The number of benzene rings is 1. The van der Waals surface area contributed by atoms with Crippen molar-refractivity contribution in [2.75, 3.05) is 7.11 Å². The van der Waals surface area contributed by atoms with Crippen LogP contribution in [0.1, 0.15) is 37.4 Å². The third-order valence-corrected chi connectivity index (χ3v) is 3.20. The van der Waals surface area contributed by atoms with Crippen molar-refractivity contribution in [3.63, 3.8) is 0 Å². The maximum Gasteiger partial charge on any atom is 1.00 e. The van der Waals surface area contributed by atoms with Crippen molar-refractivity contribution in [3.05, 3.63) is 27.8 Å². The van der Waals surface area contributed by atoms with Crippen LogP contribution in [0, 0.1) is 20.8 Å². The molecule has 0 aromatic heterocycles. The fraction of sp³-hybridized carbons (Fsp3) is 0.333. The first-order chi connectivity index (χ1) is 8.66. The molecule has 0 bridgehead atoms. The minimum absolute atomic E-state index is 0. The van der Waals surface area contributed by atoms with E-state index in [4.69, 9.17) is 0 Å². The summed E-state index contributed by atoms with van der Waals surface area (Å²) < 4.78 is 43.8. The van der Waals surface area contributed by atoms with E-state index in [9.17, 15) is 22.5 Å². The monoisotopic (exact) mass is 312 g/mol. The molecular weight excluding hydrogens is 299 g/mol. The van der Waals surface area contributed by atoms with Crippen LogP contribution >= 0.6 is 0 Å². The van der Waals surface area contributed by atoms with Crippen LogP contribution in [0.15, 0.2) is 0 Å². The molecule has 20 heavy (non-hydrogen) atoms. The Morgan fingerprint density at radius 2 is 1.60 bits per heavy atom. The van der Waals surface area contributed by atoms with E-state index in [0.717, 1.165) is 7.11 Å². The van der Waals surface area contributed by atoms with Crippen LogP contribution in [0.4, 0.5) is 12.9 Å². The summed E-state index contributed by atoms with van der Waals surface area (Å²) in [6.07, 6.45) is 0.335. The van der Waals surface area contributed by atoms with E-state index in [-0.39, 0.29) is 79.2 Å². The molecule has 1 rings (SSSR count). The van der Waals surface area contributed by atoms with Gasteiger partial charge in [0.2, 0.25) is 0 Å². The van der Waals surface area contributed by atoms with E-state index in [1.165, 1.54) is 20.8 Å². The minimum atomic E-state index is -5.32. The zero-order valence-corrected chi connectivity index (χ0v) is 15.1. The molecule has 0 saturated heterocycles. The number of hydrogen-bond acceptors (Lipinski definition) is 3. The first-order valence-electron chi connectivity index (χ1n) is 5.53. The summed E-state index contributed by atoms with van der Waals surface area (Å²) in [5.41, 5.74) is -1.33. The number of rotatable bonds is 3. The van der Waals surface area contributed by atoms with Crippen molar-refractivity contribution in [1.82, 2.24) is 0 Å². The number of carbonyl (C=O) groups excluding carboxylic acids is 2. The molecule has 8 heteroatoms. The smallest absolute Gasteiger partial charge is 0.465 e. The summed E-state index contributed by atoms with van der Waals surface area (Å²) in [5.74, 6) is -0.876. The van der Waals surface area contributed by atoms with E-state index >= 15 is 0 Å². The molecule has 1 aromatic carbocycles. The molecule has 0 saturated carbocycles. The van der Waals surface area contributed by atoms with Crippen LogP contribution in [0.25, 0.3) is 0 Å². The molecule has 0 amide bonds. The number of ether oxygens (including phenoxy) is 1. The summed E-state index contributed by atoms with van der Waals surface area (Å²) >= 11 is 0. The van der Waals surface area contributed by atoms with Crippen molar-refractivity contribution >= 4 is 24.7 Å². The fourth-order valence-electron chi connectivity index (χ4n) is 2.33. The van der Waals surface area contributed by atoms with Gasteiger partial charge >= 0.3 is 64.3 Å². The first kappa shape index (κ1) is 19.9. The van der Waals surface area contributed by atoms with E-state index < -0.39 is 18.4 Å². The normalized spacial score (nSPS) is 10.8. The molecule has 0 aliphatic rings. The fourth-order valence-corrected chi connectivity index (χ4v) is 2.33. The second-order valence-corrected chi connectivity index (χ2v) is 4.26. The van der Waals surface area contributed by atoms with E-state index in [2.05, 4.69) is 4.74 Å². The van der Waals surface area contributed by atoms with Crippen molar-refractivity contribution in [2.45, 2.75) is 20.8 Å². The minimum Gasteiger partial charge on any atom is -0.465 e. The molecule has 3 nitrogen and oxygen atoms in total. The zero-order chi connectivity index (χ0) is 15.0. The van der Waals surface area contributed by atoms with Gasteiger partial charge in [0.25, 0.3) is 0 Å². The molecule has 0 fully saturated rings. The summed E-state index contributed by atoms with van der Waals surface area (Å²) in [6, 6.07) is 0. The molecule has 0 heterocycles. The molecule has 0 aliphatic carbocycles. The second kappa shape index (κ2) is 7.22. The number of aldehydes is 1. The summed E-state index contributed by atoms with van der Waals surface area (Å²) in [4.78, 5) is 22.6. The third kappa shape index (κ3) is 3.54. The Morgan fingerprint density at radius 1 is 1.10 bits per heavy atom. The number of hydrogen-bond donors (Lipinski definition) is 0. The van der Waals surface area contributed by atoms with Gasteiger partial charge in [0.1, 0.15) is 6.29 Å². The van der Waals surface area contributed by atoms with E-state index in [1.54, 1.807) is 0 Å². The molecule has 0 aliphatic heterocycles. The van der Waals surface area contributed by atoms with Crippen LogP contribution in [0.2, 0.25) is 0 Å². The van der Waals surface area contributed by atoms with Crippen LogP contribution < -0.4 is 56.8 Å². The summed E-state index contributed by atoms with van der Waals surface area (Å²) in [5, 5.41) is 0. The largest absolute Gasteiger partial charge is 1.00 e. The van der Waals surface area contributed by atoms with Gasteiger partial charge in [-0.15, -0.1) is 5.46 Å². The van der Waals surface area contributed by atoms with Crippen molar-refractivity contribution in [3.8, 4) is 0 Å². The van der Waals surface area contributed by atoms with Crippen LogP contribution in [-0.4, -0.2) is 26.3 Å². The zero-order valence-electron chi connectivity index (χ0n) is 12.0. The Labute approximate surface area is 157 Å². The predicted molar refractivity (Wildman–Crippen MR) is 66.1 cm³/mol. The average molecular weight is 312 g/mol. The van der Waals surface area contributed by atoms with E-state index in [1.807, 2.05) is 0 Å². The second-order valence-electron chi connectivity index (χ2n) is 4.26. The third-order valence-electron chi connectivity index (χ3n) is 3.20. The number of methoxy groups -OCH3 is 1. The van der Waals surface area contributed by atoms with Gasteiger partial charge in [-0.2, -0.15) is 0 Å². The molecule has 0 unspecified atom stereocenters. The topological polar surface area (TPSA) is 43.4 Å². The van der Waals surface area contributed by atoms with E-state index in [0.29, 0.717) is 6.29 Å². The Hall–Kier alpha value is -0.149. The van der Waals surface area contributed by atoms with Gasteiger partial charge in [0, 0.05) is 5.56 Å². The molecule has 0 atom stereocenters. The number of halogens is 3. The summed E-state index contributed by atoms with van der Waals surface area (Å²) in [7, 11) is 1.08. The van der Waals surface area contributed by atoms with Crippen LogP contribution in [0.5, 0.6) is 0 Å². The Morgan fingerprint density at radius 3 is 1.95 bits per heavy atom. The van der Waals surface area contributed by atoms with Crippen molar-refractivity contribution < 1.29 is 78.7 Å². The number of carbonyl (C=O) groups is 2. The SMILES string of the molecule is COC(=O)c1c(C)c(C=O)c(C)c([B-](F)(F)F)c1C.[K+]. The van der Waals surface area contributed by atoms with Gasteiger partial charge in [-0.05, 0) is 26.3 Å². The van der Waals surface area contributed by atoms with Crippen molar-refractivity contribution in [2.24, 2.45) is 0 Å². The molecule has 0 radical (unpaired) electrons. The van der Waals surface area contributed by atoms with Crippen LogP contribution in [-0.2, 0) is 4.74 Å². The van der Waals surface area contributed by atoms with Gasteiger partial charge in [-0.3, -0.25) is 4.79 Å². The Balaban J connectivity index is 0.00000361. The molecule has 1 aromatic rings. The first-order valence-corrected chi connectivity index (χ1v) is 5.53. The molecule has 0 N–H and O–H groups in total. The maximum absolute atomic E-state index is 13.1. The predicted octanol–water partition coefficient (Wildman–Crippen LogP) is -0.731. The Kier molecular flexibility index (Phi) is 7.16. The van der Waals surface area contributed by atoms with Crippen molar-refractivity contribution in [1.29, 1.82) is 0 Å². The number of esters is 1. The van der Waals surface area contributed by atoms with Gasteiger partial charge in [0.05, 0.1) is 12.7 Å². The average Bonchev–Trinajstić information content (AvgIpc) is 2.26. The Bertz CT molecular complexity index is 556. The molecule has 0 spiro atoms.